The molecule has 0 spiro atoms. The van der Waals surface area contributed by atoms with Gasteiger partial charge in [-0.3, -0.25) is 0 Å². The molecule has 0 amide bonds. The number of rotatable bonds is 3. The lowest BCUT2D eigenvalue weighted by Gasteiger charge is -2.22. The van der Waals surface area contributed by atoms with E-state index in [1.165, 1.54) is 11.5 Å². The summed E-state index contributed by atoms with van der Waals surface area (Å²) in [6, 6.07) is 0. The number of anilines is 1. The molecule has 0 bridgehead atoms. The summed E-state index contributed by atoms with van der Waals surface area (Å²) in [6.45, 7) is 4.33. The van der Waals surface area contributed by atoms with Crippen LogP contribution in [0.4, 0.5) is 5.82 Å². The zero-order valence-corrected chi connectivity index (χ0v) is 14.1. The zero-order valence-electron chi connectivity index (χ0n) is 10.9. The Kier molecular flexibility index (Phi) is 5.21. The van der Waals surface area contributed by atoms with Gasteiger partial charge in [0, 0.05) is 24.3 Å². The Morgan fingerprint density at radius 2 is 2.11 bits per heavy atom. The van der Waals surface area contributed by atoms with Crippen LogP contribution < -0.4 is 5.32 Å². The average Bonchev–Trinajstić information content (AvgIpc) is 2.39. The van der Waals surface area contributed by atoms with Gasteiger partial charge in [-0.1, -0.05) is 13.8 Å². The number of halogens is 1. The fourth-order valence-electron chi connectivity index (χ4n) is 1.81. The summed E-state index contributed by atoms with van der Waals surface area (Å²) in [5.74, 6) is 5.83. The molecule has 1 N–H and O–H groups in total. The van der Waals surface area contributed by atoms with E-state index in [4.69, 9.17) is 4.98 Å². The molecule has 2 rings (SSSR count). The van der Waals surface area contributed by atoms with Gasteiger partial charge in [0.15, 0.2) is 0 Å². The van der Waals surface area contributed by atoms with Crippen LogP contribution in [0.3, 0.4) is 0 Å². The Morgan fingerprint density at radius 1 is 1.33 bits per heavy atom. The number of hydrogen-bond acceptors (Lipinski definition) is 5. The minimum absolute atomic E-state index is 0.398. The first kappa shape index (κ1) is 14.5. The fraction of sp³-hybridized carbons (Fsp3) is 0.667. The molecule has 1 aliphatic heterocycles. The number of thioether (sulfide) groups is 2. The number of nitrogens with zero attached hydrogens (tertiary/aromatic N) is 2. The maximum absolute atomic E-state index is 4.77. The van der Waals surface area contributed by atoms with Crippen LogP contribution in [0.5, 0.6) is 0 Å². The predicted octanol–water partition coefficient (Wildman–Crippen LogP) is 3.93. The summed E-state index contributed by atoms with van der Waals surface area (Å²) in [7, 11) is 1.91. The molecular formula is C12H18BrN3S2. The van der Waals surface area contributed by atoms with E-state index in [1.54, 1.807) is 0 Å². The number of aromatic nitrogens is 2. The summed E-state index contributed by atoms with van der Waals surface area (Å²) >= 11 is 7.57. The molecular weight excluding hydrogens is 330 g/mol. The molecule has 0 saturated carbocycles. The van der Waals surface area contributed by atoms with Crippen LogP contribution in [0.1, 0.15) is 36.5 Å². The third kappa shape index (κ3) is 3.14. The van der Waals surface area contributed by atoms with Gasteiger partial charge in [0.1, 0.15) is 11.6 Å². The van der Waals surface area contributed by atoms with Crippen molar-refractivity contribution in [1.29, 1.82) is 0 Å². The Balaban J connectivity index is 2.37. The number of hydrogen-bond donors (Lipinski definition) is 1. The van der Waals surface area contributed by atoms with Crippen molar-refractivity contribution in [3.8, 4) is 0 Å². The standard InChI is InChI=1S/C12H18BrN3S2/c1-7(2)10-9(13)12(14-3)16-11(15-10)8-6-17-4-5-18-8/h7-8H,4-6H2,1-3H3,(H,14,15,16). The van der Waals surface area contributed by atoms with Crippen molar-refractivity contribution in [2.75, 3.05) is 29.6 Å². The maximum atomic E-state index is 4.77. The average molecular weight is 348 g/mol. The molecule has 1 saturated heterocycles. The minimum Gasteiger partial charge on any atom is -0.372 e. The molecule has 1 aliphatic rings. The Morgan fingerprint density at radius 3 is 2.67 bits per heavy atom. The van der Waals surface area contributed by atoms with E-state index in [9.17, 15) is 0 Å². The van der Waals surface area contributed by atoms with Gasteiger partial charge in [-0.25, -0.2) is 9.97 Å². The first-order valence-corrected chi connectivity index (χ1v) is 9.07. The van der Waals surface area contributed by atoms with E-state index in [0.29, 0.717) is 11.2 Å². The summed E-state index contributed by atoms with van der Waals surface area (Å²) < 4.78 is 0.997. The van der Waals surface area contributed by atoms with Gasteiger partial charge in [0.25, 0.3) is 0 Å². The lowest BCUT2D eigenvalue weighted by Crippen LogP contribution is -2.13. The molecule has 1 aromatic heterocycles. The largest absolute Gasteiger partial charge is 0.372 e. The second-order valence-corrected chi connectivity index (χ2v) is 7.72. The zero-order chi connectivity index (χ0) is 13.1. The molecule has 1 atom stereocenters. The molecule has 6 heteroatoms. The van der Waals surface area contributed by atoms with E-state index in [1.807, 2.05) is 30.6 Å². The summed E-state index contributed by atoms with van der Waals surface area (Å²) in [5.41, 5.74) is 1.10. The van der Waals surface area contributed by atoms with Gasteiger partial charge in [0.2, 0.25) is 0 Å². The Bertz CT molecular complexity index is 420. The first-order valence-electron chi connectivity index (χ1n) is 6.08. The second-order valence-electron chi connectivity index (χ2n) is 4.47. The van der Waals surface area contributed by atoms with Crippen molar-refractivity contribution in [2.45, 2.75) is 25.0 Å². The van der Waals surface area contributed by atoms with Crippen LogP contribution in [0, 0.1) is 0 Å². The second kappa shape index (κ2) is 6.48. The predicted molar refractivity (Wildman–Crippen MR) is 85.9 cm³/mol. The summed E-state index contributed by atoms with van der Waals surface area (Å²) in [4.78, 5) is 9.43. The van der Waals surface area contributed by atoms with Crippen LogP contribution in [-0.4, -0.2) is 34.3 Å². The van der Waals surface area contributed by atoms with Gasteiger partial charge >= 0.3 is 0 Å². The van der Waals surface area contributed by atoms with Gasteiger partial charge in [0.05, 0.1) is 15.4 Å². The molecule has 2 heterocycles. The van der Waals surface area contributed by atoms with Crippen molar-refractivity contribution in [3.05, 3.63) is 16.0 Å². The monoisotopic (exact) mass is 347 g/mol. The molecule has 100 valence electrons. The SMILES string of the molecule is CNc1nc(C2CSCCS2)nc(C(C)C)c1Br. The van der Waals surface area contributed by atoms with Crippen molar-refractivity contribution in [3.63, 3.8) is 0 Å². The molecule has 3 nitrogen and oxygen atoms in total. The molecule has 0 aliphatic carbocycles. The molecule has 1 fully saturated rings. The molecule has 0 aromatic carbocycles. The minimum atomic E-state index is 0.398. The molecule has 1 unspecified atom stereocenters. The van der Waals surface area contributed by atoms with Gasteiger partial charge in [-0.2, -0.15) is 11.8 Å². The van der Waals surface area contributed by atoms with Crippen molar-refractivity contribution >= 4 is 45.3 Å². The summed E-state index contributed by atoms with van der Waals surface area (Å²) in [6.07, 6.45) is 0. The molecule has 1 aromatic rings. The fourth-order valence-corrected chi connectivity index (χ4v) is 5.24. The van der Waals surface area contributed by atoms with E-state index < -0.39 is 0 Å². The Hall–Kier alpha value is 0.0600. The van der Waals surface area contributed by atoms with Crippen LogP contribution in [-0.2, 0) is 0 Å². The maximum Gasteiger partial charge on any atom is 0.144 e. The van der Waals surface area contributed by atoms with Crippen LogP contribution in [0.2, 0.25) is 0 Å². The molecule has 0 radical (unpaired) electrons. The van der Waals surface area contributed by atoms with Gasteiger partial charge in [-0.05, 0) is 21.8 Å². The summed E-state index contributed by atoms with van der Waals surface area (Å²) in [5, 5.41) is 3.59. The number of nitrogens with one attached hydrogen (secondary N) is 1. The van der Waals surface area contributed by atoms with Crippen molar-refractivity contribution in [2.24, 2.45) is 0 Å². The third-order valence-electron chi connectivity index (χ3n) is 2.78. The van der Waals surface area contributed by atoms with E-state index >= 15 is 0 Å². The highest BCUT2D eigenvalue weighted by Gasteiger charge is 2.22. The van der Waals surface area contributed by atoms with Crippen molar-refractivity contribution in [1.82, 2.24) is 9.97 Å². The Labute approximate surface area is 125 Å². The first-order chi connectivity index (χ1) is 8.63. The van der Waals surface area contributed by atoms with Crippen LogP contribution >= 0.6 is 39.5 Å². The van der Waals surface area contributed by atoms with Crippen LogP contribution in [0.15, 0.2) is 4.47 Å². The molecule has 18 heavy (non-hydrogen) atoms. The van der Waals surface area contributed by atoms with E-state index in [-0.39, 0.29) is 0 Å². The van der Waals surface area contributed by atoms with Crippen LogP contribution in [0.25, 0.3) is 0 Å². The normalized spacial score (nSPS) is 20.2. The van der Waals surface area contributed by atoms with Crippen molar-refractivity contribution < 1.29 is 0 Å². The van der Waals surface area contributed by atoms with E-state index in [2.05, 4.69) is 40.1 Å². The lowest BCUT2D eigenvalue weighted by molar-refractivity contribution is 0.778. The third-order valence-corrected chi connectivity index (χ3v) is 6.31. The highest BCUT2D eigenvalue weighted by atomic mass is 79.9. The van der Waals surface area contributed by atoms with E-state index in [0.717, 1.165) is 27.6 Å². The smallest absolute Gasteiger partial charge is 0.144 e. The van der Waals surface area contributed by atoms with Gasteiger partial charge in [-0.15, -0.1) is 11.8 Å². The highest BCUT2D eigenvalue weighted by molar-refractivity contribution is 9.10. The van der Waals surface area contributed by atoms with Gasteiger partial charge < -0.3 is 5.32 Å². The quantitative estimate of drug-likeness (QED) is 0.896. The highest BCUT2D eigenvalue weighted by Crippen LogP contribution is 2.37. The topological polar surface area (TPSA) is 37.8 Å². The lowest BCUT2D eigenvalue weighted by atomic mass is 10.1.